The van der Waals surface area contributed by atoms with Crippen molar-refractivity contribution in [3.05, 3.63) is 43.0 Å². The van der Waals surface area contributed by atoms with Crippen LogP contribution in [0.3, 0.4) is 0 Å². The van der Waals surface area contributed by atoms with E-state index in [-0.39, 0.29) is 0 Å². The van der Waals surface area contributed by atoms with Gasteiger partial charge in [-0.25, -0.2) is 23.4 Å². The average molecular weight is 358 g/mol. The molecule has 1 aliphatic rings. The van der Waals surface area contributed by atoms with Crippen molar-refractivity contribution in [2.24, 2.45) is 7.05 Å². The predicted molar refractivity (Wildman–Crippen MR) is 93.7 cm³/mol. The molecule has 8 nitrogen and oxygen atoms in total. The Hall–Kier alpha value is -2.52. The minimum Gasteiger partial charge on any atom is -0.352 e. The molecule has 25 heavy (non-hydrogen) atoms. The molecule has 3 aromatic rings. The average Bonchev–Trinajstić information content (AvgIpc) is 3.04. The number of aromatic nitrogens is 4. The fraction of sp³-hybridized carbons (Fsp3) is 0.312. The van der Waals surface area contributed by atoms with Crippen LogP contribution in [-0.2, 0) is 17.1 Å². The Labute approximate surface area is 145 Å². The van der Waals surface area contributed by atoms with Crippen molar-refractivity contribution in [1.82, 2.24) is 23.8 Å². The third-order valence-electron chi connectivity index (χ3n) is 4.40. The summed E-state index contributed by atoms with van der Waals surface area (Å²) in [6, 6.07) is 8.54. The predicted octanol–water partition coefficient (Wildman–Crippen LogP) is 0.874. The Morgan fingerprint density at radius 3 is 2.40 bits per heavy atom. The van der Waals surface area contributed by atoms with Gasteiger partial charge in [0.15, 0.2) is 17.0 Å². The number of hydrogen-bond acceptors (Lipinski definition) is 6. The van der Waals surface area contributed by atoms with Gasteiger partial charge in [0.05, 0.1) is 11.2 Å². The van der Waals surface area contributed by atoms with Crippen molar-refractivity contribution in [1.29, 1.82) is 0 Å². The quantitative estimate of drug-likeness (QED) is 0.691. The topological polar surface area (TPSA) is 84.2 Å². The summed E-state index contributed by atoms with van der Waals surface area (Å²) in [5, 5.41) is 0. The molecule has 0 unspecified atom stereocenters. The maximum Gasteiger partial charge on any atom is 0.243 e. The van der Waals surface area contributed by atoms with Gasteiger partial charge in [-0.05, 0) is 12.1 Å². The van der Waals surface area contributed by atoms with E-state index in [4.69, 9.17) is 0 Å². The normalized spacial score (nSPS) is 16.4. The number of sulfonamides is 1. The van der Waals surface area contributed by atoms with Crippen LogP contribution in [-0.4, -0.2) is 58.4 Å². The maximum absolute atomic E-state index is 12.7. The molecule has 4 rings (SSSR count). The molecule has 9 heteroatoms. The number of rotatable bonds is 3. The van der Waals surface area contributed by atoms with Crippen molar-refractivity contribution in [3.63, 3.8) is 0 Å². The second-order valence-corrected chi connectivity index (χ2v) is 7.87. The minimum absolute atomic E-state index is 0.331. The van der Waals surface area contributed by atoms with Gasteiger partial charge in [-0.2, -0.15) is 4.31 Å². The highest BCUT2D eigenvalue weighted by Gasteiger charge is 2.29. The summed E-state index contributed by atoms with van der Waals surface area (Å²) in [5.41, 5.74) is 1.51. The summed E-state index contributed by atoms with van der Waals surface area (Å²) in [7, 11) is -1.57. The molecule has 0 N–H and O–H groups in total. The molecule has 0 amide bonds. The number of aryl methyl sites for hydroxylation is 1. The first-order valence-corrected chi connectivity index (χ1v) is 9.43. The molecule has 0 spiro atoms. The summed E-state index contributed by atoms with van der Waals surface area (Å²) in [4.78, 5) is 15.4. The molecule has 0 saturated carbocycles. The van der Waals surface area contributed by atoms with E-state index < -0.39 is 10.0 Å². The zero-order valence-corrected chi connectivity index (χ0v) is 14.6. The lowest BCUT2D eigenvalue weighted by Gasteiger charge is -2.34. The lowest BCUT2D eigenvalue weighted by atomic mass is 10.3. The molecule has 1 saturated heterocycles. The summed E-state index contributed by atoms with van der Waals surface area (Å²) in [6.07, 6.45) is 3.23. The summed E-state index contributed by atoms with van der Waals surface area (Å²) < 4.78 is 28.8. The number of nitrogens with zero attached hydrogens (tertiary/aromatic N) is 6. The van der Waals surface area contributed by atoms with Gasteiger partial charge >= 0.3 is 0 Å². The van der Waals surface area contributed by atoms with Crippen LogP contribution >= 0.6 is 0 Å². The summed E-state index contributed by atoms with van der Waals surface area (Å²) in [5.74, 6) is 0.752. The van der Waals surface area contributed by atoms with Crippen LogP contribution in [0.25, 0.3) is 11.2 Å². The van der Waals surface area contributed by atoms with Crippen molar-refractivity contribution in [3.8, 4) is 0 Å². The molecule has 0 aliphatic carbocycles. The second kappa shape index (κ2) is 6.08. The first-order valence-electron chi connectivity index (χ1n) is 7.99. The Morgan fingerprint density at radius 1 is 0.960 bits per heavy atom. The molecule has 3 heterocycles. The van der Waals surface area contributed by atoms with Crippen LogP contribution in [0, 0.1) is 0 Å². The fourth-order valence-electron chi connectivity index (χ4n) is 3.05. The lowest BCUT2D eigenvalue weighted by molar-refractivity contribution is 0.384. The Morgan fingerprint density at radius 2 is 1.68 bits per heavy atom. The number of benzene rings is 1. The smallest absolute Gasteiger partial charge is 0.243 e. The highest BCUT2D eigenvalue weighted by molar-refractivity contribution is 7.89. The second-order valence-electron chi connectivity index (χ2n) is 5.93. The molecule has 1 fully saturated rings. The Bertz CT molecular complexity index is 994. The van der Waals surface area contributed by atoms with Gasteiger partial charge in [-0.15, -0.1) is 0 Å². The van der Waals surface area contributed by atoms with Crippen LogP contribution in [0.2, 0.25) is 0 Å². The first kappa shape index (κ1) is 16.0. The van der Waals surface area contributed by atoms with E-state index in [2.05, 4.69) is 19.9 Å². The third-order valence-corrected chi connectivity index (χ3v) is 6.31. The van der Waals surface area contributed by atoms with Gasteiger partial charge in [0.2, 0.25) is 10.0 Å². The van der Waals surface area contributed by atoms with Gasteiger partial charge < -0.3 is 9.47 Å². The molecule has 1 aromatic carbocycles. The molecule has 0 atom stereocenters. The van der Waals surface area contributed by atoms with E-state index in [0.29, 0.717) is 31.1 Å². The SMILES string of the molecule is Cn1cnc2c(N3CCN(S(=O)(=O)c4ccccc4)CC3)ncnc21. The van der Waals surface area contributed by atoms with E-state index in [1.807, 2.05) is 17.7 Å². The number of piperazine rings is 1. The fourth-order valence-corrected chi connectivity index (χ4v) is 4.49. The standard InChI is InChI=1S/C16H18N6O2S/c1-20-12-19-14-15(20)17-11-18-16(14)21-7-9-22(10-8-21)25(23,24)13-5-3-2-4-6-13/h2-6,11-12H,7-10H2,1H3. The van der Waals surface area contributed by atoms with E-state index in [9.17, 15) is 8.42 Å². The van der Waals surface area contributed by atoms with Crippen LogP contribution in [0.1, 0.15) is 0 Å². The van der Waals surface area contributed by atoms with E-state index >= 15 is 0 Å². The van der Waals surface area contributed by atoms with E-state index in [1.54, 1.807) is 30.6 Å². The molecule has 0 bridgehead atoms. The summed E-state index contributed by atoms with van der Waals surface area (Å²) >= 11 is 0. The van der Waals surface area contributed by atoms with Gasteiger partial charge in [0.25, 0.3) is 0 Å². The van der Waals surface area contributed by atoms with Crippen LogP contribution in [0.5, 0.6) is 0 Å². The summed E-state index contributed by atoms with van der Waals surface area (Å²) in [6.45, 7) is 1.95. The van der Waals surface area contributed by atoms with Gasteiger partial charge in [-0.1, -0.05) is 18.2 Å². The largest absolute Gasteiger partial charge is 0.352 e. The van der Waals surface area contributed by atoms with E-state index in [0.717, 1.165) is 17.0 Å². The molecule has 0 radical (unpaired) electrons. The van der Waals surface area contributed by atoms with Gasteiger partial charge in [-0.3, -0.25) is 0 Å². The van der Waals surface area contributed by atoms with Crippen molar-refractivity contribution in [2.75, 3.05) is 31.1 Å². The monoisotopic (exact) mass is 358 g/mol. The Balaban J connectivity index is 1.55. The highest BCUT2D eigenvalue weighted by atomic mass is 32.2. The molecule has 130 valence electrons. The van der Waals surface area contributed by atoms with E-state index in [1.165, 1.54) is 10.6 Å². The molecule has 1 aliphatic heterocycles. The number of fused-ring (bicyclic) bond motifs is 1. The first-order chi connectivity index (χ1) is 12.1. The molecule has 2 aromatic heterocycles. The third kappa shape index (κ3) is 2.75. The minimum atomic E-state index is -3.45. The van der Waals surface area contributed by atoms with Gasteiger partial charge in [0.1, 0.15) is 6.33 Å². The zero-order valence-electron chi connectivity index (χ0n) is 13.8. The highest BCUT2D eigenvalue weighted by Crippen LogP contribution is 2.24. The number of anilines is 1. The number of hydrogen-bond donors (Lipinski definition) is 0. The van der Waals surface area contributed by atoms with Crippen molar-refractivity contribution < 1.29 is 8.42 Å². The zero-order chi connectivity index (χ0) is 17.4. The van der Waals surface area contributed by atoms with Crippen molar-refractivity contribution >= 4 is 27.0 Å². The van der Waals surface area contributed by atoms with Gasteiger partial charge in [0, 0.05) is 33.2 Å². The number of imidazole rings is 1. The van der Waals surface area contributed by atoms with Crippen LogP contribution in [0.4, 0.5) is 5.82 Å². The Kier molecular flexibility index (Phi) is 3.89. The molecular formula is C16H18N6O2S. The lowest BCUT2D eigenvalue weighted by Crippen LogP contribution is -2.49. The van der Waals surface area contributed by atoms with Crippen molar-refractivity contribution in [2.45, 2.75) is 4.90 Å². The van der Waals surface area contributed by atoms with Crippen LogP contribution < -0.4 is 4.90 Å². The maximum atomic E-state index is 12.7. The van der Waals surface area contributed by atoms with Crippen LogP contribution in [0.15, 0.2) is 47.9 Å². The molecular weight excluding hydrogens is 340 g/mol.